The number of hydrogen-bond donors (Lipinski definition) is 2. The average molecular weight is 384 g/mol. The summed E-state index contributed by atoms with van der Waals surface area (Å²) in [5.41, 5.74) is 1.56. The van der Waals surface area contributed by atoms with Crippen molar-refractivity contribution in [2.75, 3.05) is 5.32 Å². The van der Waals surface area contributed by atoms with Crippen molar-refractivity contribution in [1.82, 2.24) is 15.0 Å². The van der Waals surface area contributed by atoms with Gasteiger partial charge in [0.15, 0.2) is 11.4 Å². The van der Waals surface area contributed by atoms with Crippen LogP contribution < -0.4 is 5.32 Å². The van der Waals surface area contributed by atoms with E-state index in [1.54, 1.807) is 30.3 Å². The normalized spacial score (nSPS) is 10.9. The van der Waals surface area contributed by atoms with E-state index in [1.807, 2.05) is 0 Å². The zero-order valence-electron chi connectivity index (χ0n) is 13.5. The van der Waals surface area contributed by atoms with Gasteiger partial charge in [-0.25, -0.2) is 9.97 Å². The van der Waals surface area contributed by atoms with Gasteiger partial charge in [-0.05, 0) is 30.3 Å². The van der Waals surface area contributed by atoms with Gasteiger partial charge in [-0.3, -0.25) is 14.9 Å². The Bertz CT molecular complexity index is 1170. The number of aromatic amines is 1. The smallest absolute Gasteiger partial charge is 0.291 e. The zero-order valence-corrected chi connectivity index (χ0v) is 14.2. The number of nitrogens with one attached hydrogen (secondary N) is 2. The second-order valence-corrected chi connectivity index (χ2v) is 5.94. The Morgan fingerprint density at radius 1 is 1.30 bits per heavy atom. The molecule has 4 rings (SSSR count). The highest BCUT2D eigenvalue weighted by Crippen LogP contribution is 2.30. The fourth-order valence-electron chi connectivity index (χ4n) is 2.50. The second-order valence-electron chi connectivity index (χ2n) is 5.53. The zero-order chi connectivity index (χ0) is 19.0. The minimum absolute atomic E-state index is 0.150. The summed E-state index contributed by atoms with van der Waals surface area (Å²) in [5, 5.41) is 14.0. The molecule has 134 valence electrons. The largest absolute Gasteiger partial charge is 0.459 e. The molecule has 0 saturated carbocycles. The number of H-pyrrole nitrogens is 1. The Morgan fingerprint density at radius 3 is 2.89 bits per heavy atom. The standard InChI is InChI=1S/C17H10ClN5O4/c18-12-4-3-9(20-17(24)14-2-1-5-27-14)6-11(12)15-21-13-7-10(23(25)26)8-19-16(13)22-15/h1-8H,(H,20,24)(H,19,21,22). The highest BCUT2D eigenvalue weighted by atomic mass is 35.5. The number of carbonyl (C=O) groups is 1. The summed E-state index contributed by atoms with van der Waals surface area (Å²) < 4.78 is 5.06. The number of nitro groups is 1. The molecular formula is C17H10ClN5O4. The van der Waals surface area contributed by atoms with Crippen LogP contribution in [0.5, 0.6) is 0 Å². The molecule has 0 unspecified atom stereocenters. The molecule has 4 aromatic rings. The van der Waals surface area contributed by atoms with Crippen LogP contribution in [0.2, 0.25) is 5.02 Å². The highest BCUT2D eigenvalue weighted by molar-refractivity contribution is 6.33. The Hall–Kier alpha value is -3.72. The highest BCUT2D eigenvalue weighted by Gasteiger charge is 2.15. The van der Waals surface area contributed by atoms with Gasteiger partial charge in [0.2, 0.25) is 0 Å². The van der Waals surface area contributed by atoms with Crippen molar-refractivity contribution in [3.63, 3.8) is 0 Å². The fraction of sp³-hybridized carbons (Fsp3) is 0. The molecule has 0 fully saturated rings. The maximum atomic E-state index is 12.1. The summed E-state index contributed by atoms with van der Waals surface area (Å²) in [4.78, 5) is 33.7. The predicted octanol–water partition coefficient (Wildman–Crippen LogP) is 4.03. The molecule has 9 nitrogen and oxygen atoms in total. The Balaban J connectivity index is 1.69. The molecule has 2 N–H and O–H groups in total. The number of fused-ring (bicyclic) bond motifs is 1. The van der Waals surface area contributed by atoms with E-state index < -0.39 is 10.8 Å². The number of amides is 1. The SMILES string of the molecule is O=C(Nc1ccc(Cl)c(-c2nc3ncc([N+](=O)[O-])cc3[nH]2)c1)c1ccco1. The lowest BCUT2D eigenvalue weighted by Crippen LogP contribution is -2.10. The first kappa shape index (κ1) is 16.7. The molecule has 3 heterocycles. The fourth-order valence-corrected chi connectivity index (χ4v) is 2.71. The van der Waals surface area contributed by atoms with Gasteiger partial charge in [0.05, 0.1) is 21.7 Å². The van der Waals surface area contributed by atoms with Crippen molar-refractivity contribution in [2.24, 2.45) is 0 Å². The molecule has 1 aromatic carbocycles. The molecular weight excluding hydrogens is 374 g/mol. The number of imidazole rings is 1. The third-order valence-electron chi connectivity index (χ3n) is 3.76. The number of pyridine rings is 1. The number of halogens is 1. The van der Waals surface area contributed by atoms with Crippen molar-refractivity contribution in [1.29, 1.82) is 0 Å². The molecule has 3 aromatic heterocycles. The van der Waals surface area contributed by atoms with Gasteiger partial charge >= 0.3 is 0 Å². The predicted molar refractivity (Wildman–Crippen MR) is 97.7 cm³/mol. The van der Waals surface area contributed by atoms with Crippen molar-refractivity contribution >= 4 is 40.0 Å². The quantitative estimate of drug-likeness (QED) is 0.404. The summed E-state index contributed by atoms with van der Waals surface area (Å²) in [6.45, 7) is 0. The Labute approximate surface area is 156 Å². The summed E-state index contributed by atoms with van der Waals surface area (Å²) in [6.07, 6.45) is 2.54. The third-order valence-corrected chi connectivity index (χ3v) is 4.09. The van der Waals surface area contributed by atoms with Crippen LogP contribution in [0.4, 0.5) is 11.4 Å². The van der Waals surface area contributed by atoms with Gasteiger partial charge in [0.1, 0.15) is 12.0 Å². The van der Waals surface area contributed by atoms with E-state index in [4.69, 9.17) is 16.0 Å². The van der Waals surface area contributed by atoms with E-state index in [1.165, 1.54) is 12.3 Å². The summed E-state index contributed by atoms with van der Waals surface area (Å²) >= 11 is 6.26. The van der Waals surface area contributed by atoms with Gasteiger partial charge in [-0.2, -0.15) is 0 Å². The van der Waals surface area contributed by atoms with Crippen LogP contribution in [0.3, 0.4) is 0 Å². The second kappa shape index (κ2) is 6.54. The lowest BCUT2D eigenvalue weighted by atomic mass is 10.2. The van der Waals surface area contributed by atoms with Gasteiger partial charge in [0, 0.05) is 17.3 Å². The molecule has 27 heavy (non-hydrogen) atoms. The molecule has 0 aliphatic carbocycles. The number of rotatable bonds is 4. The van der Waals surface area contributed by atoms with Gasteiger partial charge in [0.25, 0.3) is 11.6 Å². The first-order chi connectivity index (χ1) is 13.0. The molecule has 0 atom stereocenters. The van der Waals surface area contributed by atoms with Gasteiger partial charge in [-0.1, -0.05) is 11.6 Å². The van der Waals surface area contributed by atoms with E-state index in [0.29, 0.717) is 33.3 Å². The monoisotopic (exact) mass is 383 g/mol. The van der Waals surface area contributed by atoms with E-state index in [-0.39, 0.29) is 11.4 Å². The molecule has 0 spiro atoms. The van der Waals surface area contributed by atoms with E-state index in [9.17, 15) is 14.9 Å². The first-order valence-electron chi connectivity index (χ1n) is 7.66. The average Bonchev–Trinajstić information content (AvgIpc) is 3.32. The number of nitrogens with zero attached hydrogens (tertiary/aromatic N) is 3. The summed E-state index contributed by atoms with van der Waals surface area (Å²) in [5.74, 6) is 0.138. The van der Waals surface area contributed by atoms with Crippen molar-refractivity contribution in [3.8, 4) is 11.4 Å². The van der Waals surface area contributed by atoms with E-state index >= 15 is 0 Å². The molecule has 0 radical (unpaired) electrons. The van der Waals surface area contributed by atoms with Gasteiger partial charge < -0.3 is 14.7 Å². The van der Waals surface area contributed by atoms with Crippen LogP contribution in [-0.2, 0) is 0 Å². The lowest BCUT2D eigenvalue weighted by Gasteiger charge is -2.07. The topological polar surface area (TPSA) is 127 Å². The minimum atomic E-state index is -0.537. The van der Waals surface area contributed by atoms with Crippen LogP contribution in [0.15, 0.2) is 53.3 Å². The van der Waals surface area contributed by atoms with Crippen LogP contribution in [0.25, 0.3) is 22.6 Å². The molecule has 1 amide bonds. The maximum absolute atomic E-state index is 12.1. The number of hydrogen-bond acceptors (Lipinski definition) is 6. The molecule has 0 aliphatic rings. The number of benzene rings is 1. The van der Waals surface area contributed by atoms with E-state index in [2.05, 4.69) is 20.3 Å². The molecule has 0 saturated heterocycles. The van der Waals surface area contributed by atoms with Gasteiger partial charge in [-0.15, -0.1) is 0 Å². The molecule has 0 aliphatic heterocycles. The van der Waals surface area contributed by atoms with Crippen molar-refractivity contribution < 1.29 is 14.1 Å². The number of carbonyl (C=O) groups excluding carboxylic acids is 1. The molecule has 0 bridgehead atoms. The number of anilines is 1. The van der Waals surface area contributed by atoms with Crippen molar-refractivity contribution in [3.05, 3.63) is 69.8 Å². The van der Waals surface area contributed by atoms with Crippen LogP contribution >= 0.6 is 11.6 Å². The van der Waals surface area contributed by atoms with Crippen molar-refractivity contribution in [2.45, 2.75) is 0 Å². The van der Waals surface area contributed by atoms with Crippen LogP contribution in [-0.4, -0.2) is 25.8 Å². The summed E-state index contributed by atoms with van der Waals surface area (Å²) in [6, 6.07) is 9.38. The lowest BCUT2D eigenvalue weighted by molar-refractivity contribution is -0.385. The van der Waals surface area contributed by atoms with Crippen LogP contribution in [0, 0.1) is 10.1 Å². The number of furan rings is 1. The van der Waals surface area contributed by atoms with Crippen LogP contribution in [0.1, 0.15) is 10.6 Å². The maximum Gasteiger partial charge on any atom is 0.291 e. The molecule has 10 heteroatoms. The van der Waals surface area contributed by atoms with E-state index in [0.717, 1.165) is 6.20 Å². The number of aromatic nitrogens is 3. The summed E-state index contributed by atoms with van der Waals surface area (Å²) in [7, 11) is 0. The third kappa shape index (κ3) is 3.23. The first-order valence-corrected chi connectivity index (χ1v) is 8.04. The Kier molecular flexibility index (Phi) is 4.05. The minimum Gasteiger partial charge on any atom is -0.459 e. The Morgan fingerprint density at radius 2 is 2.15 bits per heavy atom.